The Labute approximate surface area is 157 Å². The van der Waals surface area contributed by atoms with Crippen LogP contribution in [0.3, 0.4) is 0 Å². The fourth-order valence-corrected chi connectivity index (χ4v) is 3.79. The minimum Gasteiger partial charge on any atom is -0.354 e. The highest BCUT2D eigenvalue weighted by Gasteiger charge is 2.27. The van der Waals surface area contributed by atoms with Gasteiger partial charge in [0.2, 0.25) is 5.91 Å². The standard InChI is InChI=1S/C18H20ClFN2O3S/c1-13(2)11-21-18(23)12-22(14-8-9-17(20)16(19)10-14)26(24,25)15-6-4-3-5-7-15/h3-10,13H,11-12H2,1-2H3,(H,21,23). The van der Waals surface area contributed by atoms with Crippen LogP contribution in [0.2, 0.25) is 5.02 Å². The van der Waals surface area contributed by atoms with Crippen molar-refractivity contribution in [1.29, 1.82) is 0 Å². The van der Waals surface area contributed by atoms with Crippen molar-refractivity contribution in [1.82, 2.24) is 5.32 Å². The summed E-state index contributed by atoms with van der Waals surface area (Å²) in [6, 6.07) is 11.2. The number of carbonyl (C=O) groups excluding carboxylic acids is 1. The van der Waals surface area contributed by atoms with Crippen molar-refractivity contribution in [2.24, 2.45) is 5.92 Å². The fraction of sp³-hybridized carbons (Fsp3) is 0.278. The average molecular weight is 399 g/mol. The van der Waals surface area contributed by atoms with Gasteiger partial charge in [-0.25, -0.2) is 12.8 Å². The summed E-state index contributed by atoms with van der Waals surface area (Å²) in [5, 5.41) is 2.46. The van der Waals surface area contributed by atoms with E-state index in [9.17, 15) is 17.6 Å². The SMILES string of the molecule is CC(C)CNC(=O)CN(c1ccc(F)c(Cl)c1)S(=O)(=O)c1ccccc1. The topological polar surface area (TPSA) is 66.5 Å². The lowest BCUT2D eigenvalue weighted by Gasteiger charge is -2.24. The highest BCUT2D eigenvalue weighted by atomic mass is 35.5. The molecule has 0 saturated carbocycles. The van der Waals surface area contributed by atoms with Crippen LogP contribution in [0.5, 0.6) is 0 Å². The smallest absolute Gasteiger partial charge is 0.264 e. The Bertz CT molecular complexity index is 873. The van der Waals surface area contributed by atoms with E-state index in [1.165, 1.54) is 24.3 Å². The molecule has 1 amide bonds. The van der Waals surface area contributed by atoms with Crippen molar-refractivity contribution in [2.45, 2.75) is 18.7 Å². The first-order chi connectivity index (χ1) is 12.2. The summed E-state index contributed by atoms with van der Waals surface area (Å²) in [4.78, 5) is 12.3. The number of carbonyl (C=O) groups is 1. The summed E-state index contributed by atoms with van der Waals surface area (Å²) in [6.45, 7) is 3.84. The van der Waals surface area contributed by atoms with Crippen LogP contribution in [0.1, 0.15) is 13.8 Å². The van der Waals surface area contributed by atoms with Gasteiger partial charge in [0.15, 0.2) is 0 Å². The molecule has 0 aromatic heterocycles. The van der Waals surface area contributed by atoms with Crippen molar-refractivity contribution in [2.75, 3.05) is 17.4 Å². The molecule has 0 aliphatic heterocycles. The molecular formula is C18H20ClFN2O3S. The molecule has 0 aliphatic rings. The summed E-state index contributed by atoms with van der Waals surface area (Å²) in [7, 11) is -4.03. The van der Waals surface area contributed by atoms with Crippen molar-refractivity contribution in [3.05, 3.63) is 59.4 Å². The molecule has 0 aliphatic carbocycles. The largest absolute Gasteiger partial charge is 0.354 e. The third-order valence-electron chi connectivity index (χ3n) is 3.52. The summed E-state index contributed by atoms with van der Waals surface area (Å²) >= 11 is 5.80. The zero-order chi connectivity index (χ0) is 19.3. The van der Waals surface area contributed by atoms with Crippen LogP contribution in [-0.4, -0.2) is 27.4 Å². The third kappa shape index (κ3) is 4.95. The quantitative estimate of drug-likeness (QED) is 0.776. The van der Waals surface area contributed by atoms with Crippen LogP contribution < -0.4 is 9.62 Å². The second kappa shape index (κ2) is 8.51. The maximum atomic E-state index is 13.5. The Hall–Kier alpha value is -2.12. The zero-order valence-electron chi connectivity index (χ0n) is 14.4. The molecule has 0 unspecified atom stereocenters. The lowest BCUT2D eigenvalue weighted by Crippen LogP contribution is -2.41. The van der Waals surface area contributed by atoms with Gasteiger partial charge in [-0.05, 0) is 36.2 Å². The molecule has 5 nitrogen and oxygen atoms in total. The number of sulfonamides is 1. The zero-order valence-corrected chi connectivity index (χ0v) is 16.0. The van der Waals surface area contributed by atoms with Gasteiger partial charge in [-0.15, -0.1) is 0 Å². The first-order valence-corrected chi connectivity index (χ1v) is 9.83. The van der Waals surface area contributed by atoms with E-state index in [1.54, 1.807) is 18.2 Å². The summed E-state index contributed by atoms with van der Waals surface area (Å²) < 4.78 is 40.4. The average Bonchev–Trinajstić information content (AvgIpc) is 2.61. The van der Waals surface area contributed by atoms with Crippen LogP contribution in [-0.2, 0) is 14.8 Å². The number of hydrogen-bond donors (Lipinski definition) is 1. The molecule has 26 heavy (non-hydrogen) atoms. The van der Waals surface area contributed by atoms with Gasteiger partial charge >= 0.3 is 0 Å². The van der Waals surface area contributed by atoms with Crippen LogP contribution in [0.15, 0.2) is 53.4 Å². The van der Waals surface area contributed by atoms with Gasteiger partial charge in [0.05, 0.1) is 15.6 Å². The third-order valence-corrected chi connectivity index (χ3v) is 5.59. The molecule has 0 bridgehead atoms. The monoisotopic (exact) mass is 398 g/mol. The number of rotatable bonds is 7. The van der Waals surface area contributed by atoms with E-state index in [0.717, 1.165) is 10.4 Å². The van der Waals surface area contributed by atoms with Gasteiger partial charge in [0.25, 0.3) is 10.0 Å². The molecule has 0 spiro atoms. The van der Waals surface area contributed by atoms with Crippen LogP contribution in [0, 0.1) is 11.7 Å². The minimum absolute atomic E-state index is 0.0251. The summed E-state index contributed by atoms with van der Waals surface area (Å²) in [6.07, 6.45) is 0. The lowest BCUT2D eigenvalue weighted by molar-refractivity contribution is -0.119. The van der Waals surface area contributed by atoms with Crippen LogP contribution >= 0.6 is 11.6 Å². The van der Waals surface area contributed by atoms with E-state index >= 15 is 0 Å². The first-order valence-electron chi connectivity index (χ1n) is 8.01. The van der Waals surface area contributed by atoms with Crippen molar-refractivity contribution in [3.63, 3.8) is 0 Å². The van der Waals surface area contributed by atoms with Gasteiger partial charge in [-0.2, -0.15) is 0 Å². The Balaban J connectivity index is 2.41. The fourth-order valence-electron chi connectivity index (χ4n) is 2.18. The number of benzene rings is 2. The number of hydrogen-bond acceptors (Lipinski definition) is 3. The molecular weight excluding hydrogens is 379 g/mol. The van der Waals surface area contributed by atoms with E-state index in [0.29, 0.717) is 6.54 Å². The molecule has 0 radical (unpaired) electrons. The lowest BCUT2D eigenvalue weighted by atomic mass is 10.2. The maximum Gasteiger partial charge on any atom is 0.264 e. The van der Waals surface area contributed by atoms with E-state index in [1.807, 2.05) is 13.8 Å². The molecule has 2 aromatic carbocycles. The molecule has 140 valence electrons. The number of nitrogens with zero attached hydrogens (tertiary/aromatic N) is 1. The number of halogens is 2. The van der Waals surface area contributed by atoms with Gasteiger partial charge in [0.1, 0.15) is 12.4 Å². The van der Waals surface area contributed by atoms with Crippen molar-refractivity contribution in [3.8, 4) is 0 Å². The predicted octanol–water partition coefficient (Wildman–Crippen LogP) is 3.45. The molecule has 0 fully saturated rings. The van der Waals surface area contributed by atoms with Crippen LogP contribution in [0.4, 0.5) is 10.1 Å². The maximum absolute atomic E-state index is 13.5. The van der Waals surface area contributed by atoms with Crippen molar-refractivity contribution < 1.29 is 17.6 Å². The van der Waals surface area contributed by atoms with Gasteiger partial charge < -0.3 is 5.32 Å². The Morgan fingerprint density at radius 2 is 1.85 bits per heavy atom. The Morgan fingerprint density at radius 1 is 1.19 bits per heavy atom. The number of anilines is 1. The number of nitrogens with one attached hydrogen (secondary N) is 1. The molecule has 0 saturated heterocycles. The Kier molecular flexibility index (Phi) is 6.61. The summed E-state index contributed by atoms with van der Waals surface area (Å²) in [5.74, 6) is -0.909. The van der Waals surface area contributed by atoms with E-state index < -0.39 is 28.3 Å². The van der Waals surface area contributed by atoms with Crippen LogP contribution in [0.25, 0.3) is 0 Å². The van der Waals surface area contributed by atoms with E-state index in [2.05, 4.69) is 5.32 Å². The highest BCUT2D eigenvalue weighted by molar-refractivity contribution is 7.92. The first kappa shape index (κ1) is 20.2. The van der Waals surface area contributed by atoms with E-state index in [4.69, 9.17) is 11.6 Å². The molecule has 2 aromatic rings. The predicted molar refractivity (Wildman–Crippen MR) is 100 cm³/mol. The molecule has 0 heterocycles. The molecule has 1 N–H and O–H groups in total. The second-order valence-electron chi connectivity index (χ2n) is 6.12. The van der Waals surface area contributed by atoms with Gasteiger partial charge in [0, 0.05) is 6.54 Å². The highest BCUT2D eigenvalue weighted by Crippen LogP contribution is 2.27. The molecule has 8 heteroatoms. The normalized spacial score (nSPS) is 11.4. The second-order valence-corrected chi connectivity index (χ2v) is 8.39. The Morgan fingerprint density at radius 3 is 2.42 bits per heavy atom. The van der Waals surface area contributed by atoms with Gasteiger partial charge in [-0.3, -0.25) is 9.10 Å². The molecule has 2 rings (SSSR count). The van der Waals surface area contributed by atoms with E-state index in [-0.39, 0.29) is 21.5 Å². The van der Waals surface area contributed by atoms with Crippen molar-refractivity contribution >= 4 is 33.2 Å². The summed E-state index contributed by atoms with van der Waals surface area (Å²) in [5.41, 5.74) is 0.111. The number of amides is 1. The minimum atomic E-state index is -4.03. The van der Waals surface area contributed by atoms with Gasteiger partial charge in [-0.1, -0.05) is 43.6 Å². The molecule has 0 atom stereocenters.